The number of benzene rings is 2. The third kappa shape index (κ3) is 1.65. The van der Waals surface area contributed by atoms with Crippen LogP contribution in [-0.2, 0) is 0 Å². The molecule has 0 fully saturated rings. The molecule has 0 saturated carbocycles. The Morgan fingerprint density at radius 1 is 1.00 bits per heavy atom. The second kappa shape index (κ2) is 4.73. The van der Waals surface area contributed by atoms with Gasteiger partial charge in [0.1, 0.15) is 4.70 Å². The third-order valence-electron chi connectivity index (χ3n) is 4.13. The van der Waals surface area contributed by atoms with Crippen LogP contribution in [0.3, 0.4) is 0 Å². The number of anilines is 1. The number of nitrogen functional groups attached to an aromatic ring is 1. The molecule has 5 rings (SSSR count). The Bertz CT molecular complexity index is 1320. The van der Waals surface area contributed by atoms with Gasteiger partial charge in [-0.1, -0.05) is 42.5 Å². The predicted molar refractivity (Wildman–Crippen MR) is 97.5 cm³/mol. The molecule has 116 valence electrons. The molecule has 0 unspecified atom stereocenters. The van der Waals surface area contributed by atoms with Crippen LogP contribution in [0.1, 0.15) is 0 Å². The van der Waals surface area contributed by atoms with Gasteiger partial charge in [-0.25, -0.2) is 10.8 Å². The average Bonchev–Trinajstić information content (AvgIpc) is 3.01. The molecular weight excluding hydrogens is 322 g/mol. The Labute approximate surface area is 139 Å². The van der Waals surface area contributed by atoms with Crippen molar-refractivity contribution in [3.8, 4) is 0 Å². The molecule has 24 heavy (non-hydrogen) atoms. The van der Waals surface area contributed by atoms with Crippen molar-refractivity contribution in [2.75, 3.05) is 5.43 Å². The van der Waals surface area contributed by atoms with Crippen molar-refractivity contribution in [1.82, 2.24) is 14.6 Å². The third-order valence-corrected chi connectivity index (χ3v) is 5.28. The number of thiophene rings is 1. The minimum Gasteiger partial charge on any atom is -0.307 e. The highest BCUT2D eigenvalue weighted by Crippen LogP contribution is 2.32. The van der Waals surface area contributed by atoms with Gasteiger partial charge >= 0.3 is 0 Å². The van der Waals surface area contributed by atoms with Gasteiger partial charge in [-0.2, -0.15) is 4.52 Å². The van der Waals surface area contributed by atoms with E-state index in [-0.39, 0.29) is 5.56 Å². The van der Waals surface area contributed by atoms with Crippen LogP contribution in [0.2, 0.25) is 0 Å². The highest BCUT2D eigenvalue weighted by atomic mass is 32.1. The van der Waals surface area contributed by atoms with E-state index < -0.39 is 0 Å². The standard InChI is InChI=1S/C17H11N5OS/c18-20-15-9-5-1-2-6-10(9)16-19-13-11-7-3-4-8-12(11)24-14(13)17(23)22(16)21-15/h1-8H,18H2,(H,20,21). The highest BCUT2D eigenvalue weighted by molar-refractivity contribution is 7.25. The largest absolute Gasteiger partial charge is 0.307 e. The molecule has 0 aliphatic heterocycles. The van der Waals surface area contributed by atoms with Gasteiger partial charge < -0.3 is 5.43 Å². The van der Waals surface area contributed by atoms with Crippen LogP contribution in [0.5, 0.6) is 0 Å². The maximum Gasteiger partial charge on any atom is 0.292 e. The lowest BCUT2D eigenvalue weighted by Crippen LogP contribution is -2.20. The molecule has 3 N–H and O–H groups in total. The maximum atomic E-state index is 13.0. The van der Waals surface area contributed by atoms with E-state index in [0.29, 0.717) is 16.2 Å². The number of nitrogens with two attached hydrogens (primary N) is 1. The Morgan fingerprint density at radius 2 is 1.71 bits per heavy atom. The van der Waals surface area contributed by atoms with Crippen LogP contribution >= 0.6 is 11.3 Å². The lowest BCUT2D eigenvalue weighted by molar-refractivity contribution is 0.894. The first-order chi connectivity index (χ1) is 11.8. The van der Waals surface area contributed by atoms with Crippen molar-refractivity contribution < 1.29 is 0 Å². The summed E-state index contributed by atoms with van der Waals surface area (Å²) in [6.07, 6.45) is 0. The summed E-state index contributed by atoms with van der Waals surface area (Å²) in [6, 6.07) is 15.5. The minimum absolute atomic E-state index is 0.182. The molecule has 0 atom stereocenters. The second-order valence-corrected chi connectivity index (χ2v) is 6.52. The molecule has 6 nitrogen and oxygen atoms in total. The summed E-state index contributed by atoms with van der Waals surface area (Å²) in [7, 11) is 0. The van der Waals surface area contributed by atoms with Crippen LogP contribution in [0, 0.1) is 0 Å². The van der Waals surface area contributed by atoms with Gasteiger partial charge in [0.05, 0.1) is 5.52 Å². The monoisotopic (exact) mass is 333 g/mol. The smallest absolute Gasteiger partial charge is 0.292 e. The molecule has 0 bridgehead atoms. The fraction of sp³-hybridized carbons (Fsp3) is 0. The number of hydrogen-bond donors (Lipinski definition) is 2. The molecule has 7 heteroatoms. The molecule has 0 amide bonds. The average molecular weight is 333 g/mol. The molecule has 0 spiro atoms. The summed E-state index contributed by atoms with van der Waals surface area (Å²) in [6.45, 7) is 0. The molecule has 2 aromatic carbocycles. The van der Waals surface area contributed by atoms with Gasteiger partial charge in [0.15, 0.2) is 11.5 Å². The van der Waals surface area contributed by atoms with E-state index in [1.54, 1.807) is 0 Å². The van der Waals surface area contributed by atoms with Crippen molar-refractivity contribution in [2.24, 2.45) is 5.84 Å². The van der Waals surface area contributed by atoms with Gasteiger partial charge in [0, 0.05) is 20.9 Å². The number of nitrogens with zero attached hydrogens (tertiary/aromatic N) is 3. The Morgan fingerprint density at radius 3 is 2.50 bits per heavy atom. The molecule has 5 aromatic rings. The fourth-order valence-corrected chi connectivity index (χ4v) is 4.11. The SMILES string of the molecule is NNc1nn2c(=O)c3sc4ccccc4c3nc2c2ccccc12. The zero-order valence-corrected chi connectivity index (χ0v) is 13.2. The van der Waals surface area contributed by atoms with Crippen molar-refractivity contribution in [1.29, 1.82) is 0 Å². The number of nitrogens with one attached hydrogen (secondary N) is 1. The summed E-state index contributed by atoms with van der Waals surface area (Å²) < 4.78 is 2.96. The number of aromatic nitrogens is 3. The predicted octanol–water partition coefficient (Wildman–Crippen LogP) is 2.90. The molecular formula is C17H11N5OS. The lowest BCUT2D eigenvalue weighted by Gasteiger charge is -2.08. The quantitative estimate of drug-likeness (QED) is 0.280. The summed E-state index contributed by atoms with van der Waals surface area (Å²) in [4.78, 5) is 17.7. The van der Waals surface area contributed by atoms with E-state index in [1.807, 2.05) is 48.5 Å². The van der Waals surface area contributed by atoms with E-state index in [1.165, 1.54) is 15.9 Å². The van der Waals surface area contributed by atoms with Crippen LogP contribution in [-0.4, -0.2) is 14.6 Å². The molecule has 0 aliphatic rings. The van der Waals surface area contributed by atoms with Gasteiger partial charge in [0.25, 0.3) is 5.56 Å². The van der Waals surface area contributed by atoms with Crippen LogP contribution < -0.4 is 16.8 Å². The molecule has 3 aromatic heterocycles. The van der Waals surface area contributed by atoms with Gasteiger partial charge in [0.2, 0.25) is 0 Å². The van der Waals surface area contributed by atoms with E-state index in [4.69, 9.17) is 10.8 Å². The first-order valence-electron chi connectivity index (χ1n) is 7.37. The summed E-state index contributed by atoms with van der Waals surface area (Å²) in [5.41, 5.74) is 3.64. The van der Waals surface area contributed by atoms with E-state index in [9.17, 15) is 4.79 Å². The van der Waals surface area contributed by atoms with Crippen molar-refractivity contribution >= 4 is 53.9 Å². The molecule has 0 saturated heterocycles. The highest BCUT2D eigenvalue weighted by Gasteiger charge is 2.16. The summed E-state index contributed by atoms with van der Waals surface area (Å²) >= 11 is 1.43. The lowest BCUT2D eigenvalue weighted by atomic mass is 10.2. The van der Waals surface area contributed by atoms with Crippen molar-refractivity contribution in [3.05, 3.63) is 58.9 Å². The Hall–Kier alpha value is -3.03. The minimum atomic E-state index is -0.182. The number of fused-ring (bicyclic) bond motifs is 6. The fourth-order valence-electron chi connectivity index (χ4n) is 3.05. The van der Waals surface area contributed by atoms with Crippen LogP contribution in [0.4, 0.5) is 5.82 Å². The normalized spacial score (nSPS) is 11.7. The van der Waals surface area contributed by atoms with E-state index in [2.05, 4.69) is 10.5 Å². The molecule has 3 heterocycles. The summed E-state index contributed by atoms with van der Waals surface area (Å²) in [5, 5.41) is 7.00. The van der Waals surface area contributed by atoms with Crippen molar-refractivity contribution in [3.63, 3.8) is 0 Å². The maximum absolute atomic E-state index is 13.0. The van der Waals surface area contributed by atoms with Gasteiger partial charge in [-0.15, -0.1) is 16.4 Å². The number of hydrogen-bond acceptors (Lipinski definition) is 6. The molecule has 0 radical (unpaired) electrons. The zero-order chi connectivity index (χ0) is 16.3. The topological polar surface area (TPSA) is 85.3 Å². The zero-order valence-electron chi connectivity index (χ0n) is 12.4. The Balaban J connectivity index is 2.11. The van der Waals surface area contributed by atoms with E-state index in [0.717, 1.165) is 26.4 Å². The number of hydrazine groups is 1. The summed E-state index contributed by atoms with van der Waals surface area (Å²) in [5.74, 6) is 6.03. The van der Waals surface area contributed by atoms with E-state index >= 15 is 0 Å². The first-order valence-corrected chi connectivity index (χ1v) is 8.19. The van der Waals surface area contributed by atoms with Crippen LogP contribution in [0.25, 0.3) is 36.7 Å². The van der Waals surface area contributed by atoms with Gasteiger partial charge in [-0.05, 0) is 6.07 Å². The van der Waals surface area contributed by atoms with Crippen LogP contribution in [0.15, 0.2) is 53.3 Å². The second-order valence-electron chi connectivity index (χ2n) is 5.47. The van der Waals surface area contributed by atoms with Gasteiger partial charge in [-0.3, -0.25) is 4.79 Å². The van der Waals surface area contributed by atoms with Crippen molar-refractivity contribution in [2.45, 2.75) is 0 Å². The number of rotatable bonds is 1. The molecule has 0 aliphatic carbocycles. The Kier molecular flexibility index (Phi) is 2.64. The first kappa shape index (κ1) is 13.4.